The molecular formula is C22H28N6OS. The van der Waals surface area contributed by atoms with Crippen LogP contribution in [0.25, 0.3) is 21.8 Å². The summed E-state index contributed by atoms with van der Waals surface area (Å²) < 4.78 is 2.09. The minimum absolute atomic E-state index is 0.00134. The van der Waals surface area contributed by atoms with E-state index in [0.717, 1.165) is 58.9 Å². The van der Waals surface area contributed by atoms with E-state index in [4.69, 9.17) is 15.8 Å². The fraction of sp³-hybridized carbons (Fsp3) is 0.455. The predicted molar refractivity (Wildman–Crippen MR) is 121 cm³/mol. The maximum Gasteiger partial charge on any atom is 0.226 e. The minimum Gasteiger partial charge on any atom is -0.330 e. The van der Waals surface area contributed by atoms with Crippen LogP contribution in [0.4, 0.5) is 5.13 Å². The lowest BCUT2D eigenvalue weighted by Gasteiger charge is -2.15. The van der Waals surface area contributed by atoms with Crippen molar-refractivity contribution in [3.8, 4) is 21.8 Å². The molecule has 0 saturated carbocycles. The van der Waals surface area contributed by atoms with Crippen molar-refractivity contribution < 1.29 is 4.79 Å². The molecule has 0 saturated heterocycles. The molecule has 0 radical (unpaired) electrons. The number of nitrogens with one attached hydrogen (secondary N) is 1. The highest BCUT2D eigenvalue weighted by molar-refractivity contribution is 7.19. The third kappa shape index (κ3) is 4.02. The molecule has 1 amide bonds. The fourth-order valence-electron chi connectivity index (χ4n) is 3.77. The highest BCUT2D eigenvalue weighted by Crippen LogP contribution is 2.44. The number of nitrogens with zero attached hydrogens (tertiary/aromatic N) is 4. The van der Waals surface area contributed by atoms with E-state index in [9.17, 15) is 4.79 Å². The number of aromatic nitrogens is 4. The largest absolute Gasteiger partial charge is 0.330 e. The second-order valence-corrected chi connectivity index (χ2v) is 8.99. The molecule has 0 unspecified atom stereocenters. The molecule has 0 aliphatic heterocycles. The number of carbonyl (C=O) groups excluding carboxylic acids is 1. The zero-order valence-electron chi connectivity index (χ0n) is 17.7. The molecule has 3 aromatic heterocycles. The van der Waals surface area contributed by atoms with Gasteiger partial charge >= 0.3 is 0 Å². The molecule has 4 rings (SSSR count). The molecule has 8 heteroatoms. The molecule has 0 spiro atoms. The third-order valence-corrected chi connectivity index (χ3v) is 6.33. The summed E-state index contributed by atoms with van der Waals surface area (Å²) >= 11 is 1.54. The van der Waals surface area contributed by atoms with Gasteiger partial charge in [-0.05, 0) is 65.1 Å². The first-order chi connectivity index (χ1) is 14.5. The smallest absolute Gasteiger partial charge is 0.226 e. The van der Waals surface area contributed by atoms with Crippen LogP contribution < -0.4 is 11.1 Å². The number of thiazole rings is 1. The van der Waals surface area contributed by atoms with Gasteiger partial charge in [-0.1, -0.05) is 11.3 Å². The number of amides is 1. The molecule has 7 nitrogen and oxygen atoms in total. The Hall–Kier alpha value is -2.58. The number of aryl methyl sites for hydroxylation is 2. The molecule has 1 aliphatic carbocycles. The summed E-state index contributed by atoms with van der Waals surface area (Å²) in [7, 11) is 0. The second kappa shape index (κ2) is 8.65. The average Bonchev–Trinajstić information content (AvgIpc) is 3.29. The van der Waals surface area contributed by atoms with Crippen molar-refractivity contribution in [2.24, 2.45) is 5.73 Å². The number of fused-ring (bicyclic) bond motifs is 3. The van der Waals surface area contributed by atoms with Crippen LogP contribution in [-0.4, -0.2) is 32.2 Å². The summed E-state index contributed by atoms with van der Waals surface area (Å²) in [6.07, 6.45) is 5.75. The molecule has 0 atom stereocenters. The van der Waals surface area contributed by atoms with Gasteiger partial charge in [0.2, 0.25) is 5.91 Å². The average molecular weight is 425 g/mol. The van der Waals surface area contributed by atoms with Crippen LogP contribution in [0.15, 0.2) is 18.3 Å². The third-order valence-electron chi connectivity index (χ3n) is 5.31. The van der Waals surface area contributed by atoms with Crippen LogP contribution in [0.5, 0.6) is 0 Å². The highest BCUT2D eigenvalue weighted by atomic mass is 32.1. The number of hydrogen-bond donors (Lipinski definition) is 2. The number of rotatable bonds is 7. The minimum atomic E-state index is -0.00134. The monoisotopic (exact) mass is 424 g/mol. The number of pyridine rings is 1. The molecule has 30 heavy (non-hydrogen) atoms. The van der Waals surface area contributed by atoms with Gasteiger partial charge in [0.1, 0.15) is 0 Å². The van der Waals surface area contributed by atoms with E-state index in [-0.39, 0.29) is 11.9 Å². The Kier molecular flexibility index (Phi) is 5.97. The Morgan fingerprint density at radius 1 is 1.30 bits per heavy atom. The lowest BCUT2D eigenvalue weighted by molar-refractivity contribution is -0.116. The number of carbonyl (C=O) groups is 1. The molecule has 0 aromatic carbocycles. The first-order valence-electron chi connectivity index (χ1n) is 10.5. The van der Waals surface area contributed by atoms with E-state index in [1.165, 1.54) is 5.56 Å². The van der Waals surface area contributed by atoms with Gasteiger partial charge in [0.25, 0.3) is 0 Å². The number of unbranched alkanes of at least 4 members (excludes halogenated alkanes) is 1. The van der Waals surface area contributed by atoms with Gasteiger partial charge < -0.3 is 11.1 Å². The quantitative estimate of drug-likeness (QED) is 0.556. The Morgan fingerprint density at radius 2 is 2.13 bits per heavy atom. The van der Waals surface area contributed by atoms with Crippen molar-refractivity contribution in [2.75, 3.05) is 11.9 Å². The molecule has 3 heterocycles. The first-order valence-corrected chi connectivity index (χ1v) is 11.3. The first kappa shape index (κ1) is 20.7. The van der Waals surface area contributed by atoms with Gasteiger partial charge in [-0.25, -0.2) is 4.98 Å². The number of nitrogens with two attached hydrogens (primary N) is 1. The van der Waals surface area contributed by atoms with E-state index >= 15 is 0 Å². The van der Waals surface area contributed by atoms with Crippen LogP contribution in [0.3, 0.4) is 0 Å². The highest BCUT2D eigenvalue weighted by Gasteiger charge is 2.30. The van der Waals surface area contributed by atoms with E-state index in [1.54, 1.807) is 11.3 Å². The maximum absolute atomic E-state index is 12.2. The Labute approximate surface area is 180 Å². The normalized spacial score (nSPS) is 12.7. The van der Waals surface area contributed by atoms with E-state index in [2.05, 4.69) is 34.9 Å². The van der Waals surface area contributed by atoms with Crippen LogP contribution in [-0.2, 0) is 17.6 Å². The van der Waals surface area contributed by atoms with Gasteiger partial charge in [0.15, 0.2) is 5.13 Å². The van der Waals surface area contributed by atoms with Crippen molar-refractivity contribution in [3.63, 3.8) is 0 Å². The Balaban J connectivity index is 1.69. The van der Waals surface area contributed by atoms with E-state index in [0.29, 0.717) is 18.1 Å². The Morgan fingerprint density at radius 3 is 2.83 bits per heavy atom. The van der Waals surface area contributed by atoms with Crippen LogP contribution >= 0.6 is 11.3 Å². The predicted octanol–water partition coefficient (Wildman–Crippen LogP) is 4.12. The van der Waals surface area contributed by atoms with Crippen molar-refractivity contribution in [3.05, 3.63) is 35.3 Å². The molecule has 0 fully saturated rings. The van der Waals surface area contributed by atoms with Crippen molar-refractivity contribution in [2.45, 2.75) is 58.9 Å². The van der Waals surface area contributed by atoms with Crippen molar-refractivity contribution >= 4 is 22.4 Å². The van der Waals surface area contributed by atoms with Gasteiger partial charge in [-0.2, -0.15) is 5.10 Å². The molecule has 0 bridgehead atoms. The Bertz CT molecular complexity index is 1050. The van der Waals surface area contributed by atoms with E-state index in [1.807, 2.05) is 19.2 Å². The molecule has 3 aromatic rings. The van der Waals surface area contributed by atoms with Crippen molar-refractivity contribution in [1.82, 2.24) is 19.7 Å². The fourth-order valence-corrected chi connectivity index (χ4v) is 4.87. The lowest BCUT2D eigenvalue weighted by atomic mass is 9.95. The standard InChI is InChI=1S/C22H28N6OS/c1-13(2)28-20-16(19(27-28)15-8-7-14(3)24-12-15)9-10-17-21(20)30-22(25-17)26-18(29)6-4-5-11-23/h7-8,12-13H,4-6,9-11,23H2,1-3H3,(H,25,26,29). The molecule has 1 aliphatic rings. The molecular weight excluding hydrogens is 396 g/mol. The van der Waals surface area contributed by atoms with Gasteiger partial charge in [0.05, 0.1) is 22.0 Å². The molecule has 158 valence electrons. The van der Waals surface area contributed by atoms with Gasteiger partial charge in [-0.15, -0.1) is 0 Å². The summed E-state index contributed by atoms with van der Waals surface area (Å²) in [6.45, 7) is 6.88. The number of hydrogen-bond acceptors (Lipinski definition) is 6. The summed E-state index contributed by atoms with van der Waals surface area (Å²) in [5.41, 5.74) is 12.0. The zero-order chi connectivity index (χ0) is 21.3. The van der Waals surface area contributed by atoms with Crippen molar-refractivity contribution in [1.29, 1.82) is 0 Å². The summed E-state index contributed by atoms with van der Waals surface area (Å²) in [5.74, 6) is -0.00134. The van der Waals surface area contributed by atoms with Crippen LogP contribution in [0.2, 0.25) is 0 Å². The second-order valence-electron chi connectivity index (χ2n) is 7.99. The van der Waals surface area contributed by atoms with Gasteiger partial charge in [-0.3, -0.25) is 14.5 Å². The zero-order valence-corrected chi connectivity index (χ0v) is 18.6. The lowest BCUT2D eigenvalue weighted by Crippen LogP contribution is -2.12. The topological polar surface area (TPSA) is 98.7 Å². The molecule has 3 N–H and O–H groups in total. The van der Waals surface area contributed by atoms with E-state index < -0.39 is 0 Å². The summed E-state index contributed by atoms with van der Waals surface area (Å²) in [5, 5.41) is 8.60. The van der Waals surface area contributed by atoms with Crippen LogP contribution in [0.1, 0.15) is 56.1 Å². The summed E-state index contributed by atoms with van der Waals surface area (Å²) in [4.78, 5) is 22.5. The summed E-state index contributed by atoms with van der Waals surface area (Å²) in [6, 6.07) is 4.33. The maximum atomic E-state index is 12.2. The van der Waals surface area contributed by atoms with Crippen LogP contribution in [0, 0.1) is 6.92 Å². The number of anilines is 1. The SMILES string of the molecule is Cc1ccc(-c2nn(C(C)C)c3c2CCc2nc(NC(=O)CCCCN)sc2-3)cn1. The van der Waals surface area contributed by atoms with Gasteiger partial charge in [0, 0.05) is 35.5 Å².